The van der Waals surface area contributed by atoms with Crippen LogP contribution >= 0.6 is 0 Å². The Kier molecular flexibility index (Phi) is 4.37. The van der Waals surface area contributed by atoms with Crippen LogP contribution in [0.25, 0.3) is 0 Å². The standard InChI is InChI=1S/C13H17GeNO5/c16-13(12-4-2-1-3-5-12)20-14-17-9-6-15(7-10-18-14)8-11-19-14/h1-5H,6-11H2. The van der Waals surface area contributed by atoms with Crippen molar-refractivity contribution in [2.75, 3.05) is 39.5 Å². The Labute approximate surface area is 121 Å². The van der Waals surface area contributed by atoms with E-state index in [-0.39, 0.29) is 0 Å². The fraction of sp³-hybridized carbons (Fsp3) is 0.462. The summed E-state index contributed by atoms with van der Waals surface area (Å²) in [7, 11) is 0. The van der Waals surface area contributed by atoms with Crippen molar-refractivity contribution in [3.8, 4) is 0 Å². The van der Waals surface area contributed by atoms with Gasteiger partial charge in [-0.15, -0.1) is 0 Å². The number of carbonyl (C=O) groups excluding carboxylic acids is 1. The fourth-order valence-electron chi connectivity index (χ4n) is 2.19. The zero-order valence-corrected chi connectivity index (χ0v) is 13.2. The average Bonchev–Trinajstić information content (AvgIpc) is 2.41. The van der Waals surface area contributed by atoms with E-state index in [4.69, 9.17) is 15.1 Å². The van der Waals surface area contributed by atoms with Crippen molar-refractivity contribution in [2.24, 2.45) is 0 Å². The summed E-state index contributed by atoms with van der Waals surface area (Å²) in [5.74, 6) is -0.441. The zero-order chi connectivity index (χ0) is 13.8. The van der Waals surface area contributed by atoms with E-state index in [1.807, 2.05) is 6.07 Å². The van der Waals surface area contributed by atoms with Gasteiger partial charge in [0.05, 0.1) is 0 Å². The third kappa shape index (κ3) is 3.21. The molecular formula is C13H17GeNO5. The molecule has 0 N–H and O–H groups in total. The molecule has 6 nitrogen and oxygen atoms in total. The Balaban J connectivity index is 1.74. The van der Waals surface area contributed by atoms with E-state index in [9.17, 15) is 4.79 Å². The predicted octanol–water partition coefficient (Wildman–Crippen LogP) is 0.658. The monoisotopic (exact) mass is 341 g/mol. The second kappa shape index (κ2) is 6.23. The molecule has 3 heterocycles. The molecule has 0 saturated carbocycles. The Morgan fingerprint density at radius 2 is 1.55 bits per heavy atom. The van der Waals surface area contributed by atoms with Crippen molar-refractivity contribution in [1.82, 2.24) is 4.90 Å². The molecule has 0 radical (unpaired) electrons. The molecule has 1 aromatic rings. The first-order valence-corrected chi connectivity index (χ1v) is 10.1. The normalized spacial score (nSPS) is 30.1. The van der Waals surface area contributed by atoms with Crippen LogP contribution in [0, 0.1) is 0 Å². The van der Waals surface area contributed by atoms with Gasteiger partial charge in [-0.25, -0.2) is 0 Å². The Bertz CT molecular complexity index is 443. The second-order valence-electron chi connectivity index (χ2n) is 4.64. The van der Waals surface area contributed by atoms with Crippen LogP contribution in [-0.2, 0) is 15.1 Å². The van der Waals surface area contributed by atoms with Gasteiger partial charge in [-0.3, -0.25) is 0 Å². The molecule has 0 spiro atoms. The van der Waals surface area contributed by atoms with Crippen LogP contribution < -0.4 is 0 Å². The van der Waals surface area contributed by atoms with Crippen molar-refractivity contribution in [1.29, 1.82) is 0 Å². The summed E-state index contributed by atoms with van der Waals surface area (Å²) in [6.45, 7) is 3.89. The summed E-state index contributed by atoms with van der Waals surface area (Å²) >= 11 is -3.92. The van der Waals surface area contributed by atoms with Crippen LogP contribution in [0.5, 0.6) is 0 Å². The van der Waals surface area contributed by atoms with E-state index in [1.165, 1.54) is 0 Å². The SMILES string of the molecule is O=C([O][Ge]12[O]CCN(CC[O]1)CC[O]2)c1ccccc1. The second-order valence-corrected chi connectivity index (χ2v) is 8.99. The molecule has 108 valence electrons. The molecule has 3 aliphatic heterocycles. The fourth-order valence-corrected chi connectivity index (χ4v) is 5.96. The molecule has 4 rings (SSSR count). The molecule has 1 aromatic carbocycles. The van der Waals surface area contributed by atoms with Crippen LogP contribution in [-0.4, -0.2) is 64.9 Å². The van der Waals surface area contributed by atoms with E-state index >= 15 is 0 Å². The van der Waals surface area contributed by atoms with E-state index in [0.29, 0.717) is 25.4 Å². The summed E-state index contributed by atoms with van der Waals surface area (Å²) in [6, 6.07) is 8.83. The maximum absolute atomic E-state index is 12.2. The summed E-state index contributed by atoms with van der Waals surface area (Å²) in [6.07, 6.45) is 0. The van der Waals surface area contributed by atoms with Crippen LogP contribution in [0.3, 0.4) is 0 Å². The Morgan fingerprint density at radius 1 is 1.00 bits per heavy atom. The average molecular weight is 340 g/mol. The number of benzene rings is 1. The number of carbonyl (C=O) groups is 1. The summed E-state index contributed by atoms with van der Waals surface area (Å²) in [4.78, 5) is 14.4. The number of fused-ring (bicyclic) bond motifs is 6. The first kappa shape index (κ1) is 14.0. The van der Waals surface area contributed by atoms with Crippen molar-refractivity contribution in [2.45, 2.75) is 0 Å². The number of hydrogen-bond acceptors (Lipinski definition) is 6. The first-order chi connectivity index (χ1) is 9.77. The zero-order valence-electron chi connectivity index (χ0n) is 11.1. The van der Waals surface area contributed by atoms with Crippen LogP contribution in [0.15, 0.2) is 30.3 Å². The molecule has 3 fully saturated rings. The van der Waals surface area contributed by atoms with Gasteiger partial charge in [0, 0.05) is 0 Å². The van der Waals surface area contributed by atoms with E-state index in [0.717, 1.165) is 19.6 Å². The van der Waals surface area contributed by atoms with E-state index in [1.54, 1.807) is 24.3 Å². The summed E-state index contributed by atoms with van der Waals surface area (Å²) in [5.41, 5.74) is 0.481. The summed E-state index contributed by atoms with van der Waals surface area (Å²) in [5, 5.41) is 0. The number of hydrogen-bond donors (Lipinski definition) is 0. The molecule has 3 saturated heterocycles. The minimum atomic E-state index is -3.92. The van der Waals surface area contributed by atoms with Gasteiger partial charge in [-0.1, -0.05) is 0 Å². The van der Waals surface area contributed by atoms with Crippen molar-refractivity contribution < 1.29 is 19.8 Å². The summed E-state index contributed by atoms with van der Waals surface area (Å²) < 4.78 is 22.6. The predicted molar refractivity (Wildman–Crippen MR) is 71.9 cm³/mol. The van der Waals surface area contributed by atoms with Crippen molar-refractivity contribution in [3.05, 3.63) is 35.9 Å². The van der Waals surface area contributed by atoms with Gasteiger partial charge >= 0.3 is 121 Å². The van der Waals surface area contributed by atoms with Crippen LogP contribution in [0.1, 0.15) is 10.4 Å². The van der Waals surface area contributed by atoms with Gasteiger partial charge in [0.25, 0.3) is 0 Å². The van der Waals surface area contributed by atoms with Crippen LogP contribution in [0.2, 0.25) is 0 Å². The van der Waals surface area contributed by atoms with Crippen LogP contribution in [0.4, 0.5) is 0 Å². The molecule has 7 heteroatoms. The van der Waals surface area contributed by atoms with Gasteiger partial charge in [0.1, 0.15) is 0 Å². The van der Waals surface area contributed by atoms with Gasteiger partial charge in [-0.05, 0) is 0 Å². The quantitative estimate of drug-likeness (QED) is 0.738. The molecule has 0 unspecified atom stereocenters. The minimum absolute atomic E-state index is 0.441. The van der Waals surface area contributed by atoms with Gasteiger partial charge in [0.15, 0.2) is 0 Å². The molecular weight excluding hydrogens is 323 g/mol. The molecule has 0 amide bonds. The van der Waals surface area contributed by atoms with Crippen molar-refractivity contribution in [3.63, 3.8) is 0 Å². The third-order valence-corrected chi connectivity index (χ3v) is 7.71. The molecule has 0 aliphatic carbocycles. The molecule has 20 heavy (non-hydrogen) atoms. The third-order valence-electron chi connectivity index (χ3n) is 3.29. The Morgan fingerprint density at radius 3 is 2.10 bits per heavy atom. The van der Waals surface area contributed by atoms with Gasteiger partial charge in [0.2, 0.25) is 0 Å². The molecule has 2 bridgehead atoms. The van der Waals surface area contributed by atoms with Crippen molar-refractivity contribution >= 4 is 20.6 Å². The van der Waals surface area contributed by atoms with E-state index < -0.39 is 20.6 Å². The number of nitrogens with zero attached hydrogens (tertiary/aromatic N) is 1. The molecule has 0 aromatic heterocycles. The number of rotatable bonds is 2. The van der Waals surface area contributed by atoms with Gasteiger partial charge < -0.3 is 0 Å². The Hall–Kier alpha value is -0.927. The molecule has 0 atom stereocenters. The molecule has 3 aliphatic rings. The first-order valence-electron chi connectivity index (χ1n) is 6.70. The van der Waals surface area contributed by atoms with E-state index in [2.05, 4.69) is 4.90 Å². The van der Waals surface area contributed by atoms with Gasteiger partial charge in [-0.2, -0.15) is 0 Å². The maximum atomic E-state index is 12.2. The topological polar surface area (TPSA) is 57.2 Å².